The zero-order chi connectivity index (χ0) is 17.8. The Morgan fingerprint density at radius 2 is 1.76 bits per heavy atom. The first-order valence-corrected chi connectivity index (χ1v) is 8.43. The van der Waals surface area contributed by atoms with E-state index in [-0.39, 0.29) is 17.9 Å². The predicted octanol–water partition coefficient (Wildman–Crippen LogP) is 3.15. The average Bonchev–Trinajstić information content (AvgIpc) is 2.63. The van der Waals surface area contributed by atoms with Gasteiger partial charge < -0.3 is 4.90 Å². The number of aryl methyl sites for hydroxylation is 1. The van der Waals surface area contributed by atoms with Crippen molar-refractivity contribution < 1.29 is 4.79 Å². The van der Waals surface area contributed by atoms with Crippen molar-refractivity contribution in [2.45, 2.75) is 26.8 Å². The number of rotatable bonds is 5. The van der Waals surface area contributed by atoms with Crippen molar-refractivity contribution in [1.29, 1.82) is 0 Å². The Hall–Kier alpha value is -2.95. The largest absolute Gasteiger partial charge is 0.313 e. The molecule has 0 N–H and O–H groups in total. The molecular formula is C20H21N3O2. The van der Waals surface area contributed by atoms with E-state index in [9.17, 15) is 9.59 Å². The lowest BCUT2D eigenvalue weighted by Crippen LogP contribution is -2.33. The third-order valence-corrected chi connectivity index (χ3v) is 4.29. The fourth-order valence-corrected chi connectivity index (χ4v) is 3.00. The molecule has 1 amide bonds. The fraction of sp³-hybridized carbons (Fsp3) is 0.250. The molecule has 0 fully saturated rings. The SMILES string of the molecule is CCN(C(=O)CCn1c(C)nc2ccccc2c1=O)c1ccccc1. The van der Waals surface area contributed by atoms with Gasteiger partial charge in [0.05, 0.1) is 10.9 Å². The van der Waals surface area contributed by atoms with Crippen molar-refractivity contribution in [2.24, 2.45) is 0 Å². The highest BCUT2D eigenvalue weighted by Gasteiger charge is 2.15. The van der Waals surface area contributed by atoms with Gasteiger partial charge in [-0.25, -0.2) is 4.98 Å². The highest BCUT2D eigenvalue weighted by molar-refractivity contribution is 5.93. The number of aromatic nitrogens is 2. The summed E-state index contributed by atoms with van der Waals surface area (Å²) in [4.78, 5) is 31.5. The summed E-state index contributed by atoms with van der Waals surface area (Å²) in [6, 6.07) is 16.8. The van der Waals surface area contributed by atoms with Crippen molar-refractivity contribution in [1.82, 2.24) is 9.55 Å². The van der Waals surface area contributed by atoms with Gasteiger partial charge in [-0.15, -0.1) is 0 Å². The van der Waals surface area contributed by atoms with Gasteiger partial charge >= 0.3 is 0 Å². The Morgan fingerprint density at radius 3 is 2.48 bits per heavy atom. The highest BCUT2D eigenvalue weighted by atomic mass is 16.2. The van der Waals surface area contributed by atoms with Crippen LogP contribution in [0, 0.1) is 6.92 Å². The number of hydrogen-bond acceptors (Lipinski definition) is 3. The number of hydrogen-bond donors (Lipinski definition) is 0. The molecule has 128 valence electrons. The van der Waals surface area contributed by atoms with Crippen LogP contribution in [-0.2, 0) is 11.3 Å². The maximum absolute atomic E-state index is 12.7. The van der Waals surface area contributed by atoms with E-state index in [1.54, 1.807) is 22.5 Å². The number of benzene rings is 2. The smallest absolute Gasteiger partial charge is 0.261 e. The molecule has 1 heterocycles. The Bertz CT molecular complexity index is 948. The van der Waals surface area contributed by atoms with Crippen LogP contribution in [0.3, 0.4) is 0 Å². The summed E-state index contributed by atoms with van der Waals surface area (Å²) in [7, 11) is 0. The van der Waals surface area contributed by atoms with Gasteiger partial charge in [0.2, 0.25) is 5.91 Å². The minimum Gasteiger partial charge on any atom is -0.313 e. The molecule has 0 aliphatic rings. The van der Waals surface area contributed by atoms with E-state index in [1.807, 2.05) is 55.5 Å². The standard InChI is InChI=1S/C20H21N3O2/c1-3-22(16-9-5-4-6-10-16)19(24)13-14-23-15(2)21-18-12-8-7-11-17(18)20(23)25/h4-12H,3,13-14H2,1-2H3. The maximum Gasteiger partial charge on any atom is 0.261 e. The van der Waals surface area contributed by atoms with Crippen LogP contribution in [0.4, 0.5) is 5.69 Å². The first kappa shape index (κ1) is 16.9. The molecule has 0 aliphatic carbocycles. The molecule has 0 saturated heterocycles. The summed E-state index contributed by atoms with van der Waals surface area (Å²) in [5, 5.41) is 0.580. The number of anilines is 1. The Labute approximate surface area is 146 Å². The molecule has 5 nitrogen and oxygen atoms in total. The van der Waals surface area contributed by atoms with Crippen molar-refractivity contribution in [3.05, 3.63) is 70.8 Å². The van der Waals surface area contributed by atoms with E-state index in [2.05, 4.69) is 4.98 Å². The Kier molecular flexibility index (Phi) is 4.93. The predicted molar refractivity (Wildman–Crippen MR) is 99.8 cm³/mol. The van der Waals surface area contributed by atoms with Crippen LogP contribution in [0.15, 0.2) is 59.4 Å². The molecule has 2 aromatic carbocycles. The number of carbonyl (C=O) groups excluding carboxylic acids is 1. The highest BCUT2D eigenvalue weighted by Crippen LogP contribution is 2.14. The summed E-state index contributed by atoms with van der Waals surface area (Å²) >= 11 is 0. The summed E-state index contributed by atoms with van der Waals surface area (Å²) in [5.41, 5.74) is 1.46. The zero-order valence-corrected chi connectivity index (χ0v) is 14.5. The molecule has 5 heteroatoms. The number of fused-ring (bicyclic) bond motifs is 1. The zero-order valence-electron chi connectivity index (χ0n) is 14.5. The van der Waals surface area contributed by atoms with Gasteiger partial charge in [-0.2, -0.15) is 0 Å². The second-order valence-electron chi connectivity index (χ2n) is 5.86. The van der Waals surface area contributed by atoms with Gasteiger partial charge in [0.15, 0.2) is 0 Å². The number of para-hydroxylation sites is 2. The molecule has 25 heavy (non-hydrogen) atoms. The monoisotopic (exact) mass is 335 g/mol. The van der Waals surface area contributed by atoms with E-state index in [0.29, 0.717) is 29.8 Å². The Balaban J connectivity index is 1.83. The fourth-order valence-electron chi connectivity index (χ4n) is 3.00. The van der Waals surface area contributed by atoms with E-state index in [0.717, 1.165) is 5.69 Å². The van der Waals surface area contributed by atoms with E-state index < -0.39 is 0 Å². The number of carbonyl (C=O) groups is 1. The topological polar surface area (TPSA) is 55.2 Å². The molecule has 0 spiro atoms. The molecule has 3 rings (SSSR count). The lowest BCUT2D eigenvalue weighted by molar-refractivity contribution is -0.118. The van der Waals surface area contributed by atoms with E-state index in [4.69, 9.17) is 0 Å². The third-order valence-electron chi connectivity index (χ3n) is 4.29. The summed E-state index contributed by atoms with van der Waals surface area (Å²) in [6.07, 6.45) is 0.253. The number of nitrogens with zero attached hydrogens (tertiary/aromatic N) is 3. The second-order valence-corrected chi connectivity index (χ2v) is 5.86. The minimum absolute atomic E-state index is 0.00633. The minimum atomic E-state index is -0.0985. The normalized spacial score (nSPS) is 10.8. The molecule has 1 aromatic heterocycles. The van der Waals surface area contributed by atoms with E-state index in [1.165, 1.54) is 0 Å². The van der Waals surface area contributed by atoms with Crippen LogP contribution >= 0.6 is 0 Å². The van der Waals surface area contributed by atoms with Crippen molar-refractivity contribution in [3.63, 3.8) is 0 Å². The van der Waals surface area contributed by atoms with Gasteiger partial charge in [0, 0.05) is 25.2 Å². The molecule has 0 saturated carbocycles. The third kappa shape index (κ3) is 3.45. The van der Waals surface area contributed by atoms with E-state index >= 15 is 0 Å². The van der Waals surface area contributed by atoms with Crippen molar-refractivity contribution in [3.8, 4) is 0 Å². The first-order valence-electron chi connectivity index (χ1n) is 8.43. The van der Waals surface area contributed by atoms with Gasteiger partial charge in [-0.1, -0.05) is 30.3 Å². The van der Waals surface area contributed by atoms with Crippen LogP contribution in [0.25, 0.3) is 10.9 Å². The van der Waals surface area contributed by atoms with Crippen molar-refractivity contribution in [2.75, 3.05) is 11.4 Å². The average molecular weight is 335 g/mol. The molecule has 3 aromatic rings. The Morgan fingerprint density at radius 1 is 1.08 bits per heavy atom. The van der Waals surface area contributed by atoms with Crippen molar-refractivity contribution >= 4 is 22.5 Å². The molecule has 0 radical (unpaired) electrons. The summed E-state index contributed by atoms with van der Waals surface area (Å²) in [6.45, 7) is 4.66. The molecule has 0 aliphatic heterocycles. The quantitative estimate of drug-likeness (QED) is 0.720. The second kappa shape index (κ2) is 7.30. The number of amides is 1. The molecule has 0 bridgehead atoms. The van der Waals surface area contributed by atoms with Gasteiger partial charge in [-0.05, 0) is 38.1 Å². The van der Waals surface area contributed by atoms with Crippen LogP contribution < -0.4 is 10.5 Å². The molecular weight excluding hydrogens is 314 g/mol. The van der Waals surface area contributed by atoms with Crippen LogP contribution in [-0.4, -0.2) is 22.0 Å². The van der Waals surface area contributed by atoms with Crippen LogP contribution in [0.5, 0.6) is 0 Å². The summed E-state index contributed by atoms with van der Waals surface area (Å²) < 4.78 is 1.58. The van der Waals surface area contributed by atoms with Gasteiger partial charge in [0.25, 0.3) is 5.56 Å². The molecule has 0 unspecified atom stereocenters. The lowest BCUT2D eigenvalue weighted by Gasteiger charge is -2.21. The first-order chi connectivity index (χ1) is 12.1. The van der Waals surface area contributed by atoms with Crippen LogP contribution in [0.2, 0.25) is 0 Å². The van der Waals surface area contributed by atoms with Gasteiger partial charge in [0.1, 0.15) is 5.82 Å². The maximum atomic E-state index is 12.7. The molecule has 0 atom stereocenters. The lowest BCUT2D eigenvalue weighted by atomic mass is 10.2. The summed E-state index contributed by atoms with van der Waals surface area (Å²) in [5.74, 6) is 0.618. The van der Waals surface area contributed by atoms with Gasteiger partial charge in [-0.3, -0.25) is 14.2 Å². The van der Waals surface area contributed by atoms with Crippen LogP contribution in [0.1, 0.15) is 19.2 Å².